The van der Waals surface area contributed by atoms with Crippen LogP contribution in [0, 0.1) is 0 Å². The first-order chi connectivity index (χ1) is 13.1. The van der Waals surface area contributed by atoms with Crippen LogP contribution in [0.1, 0.15) is 6.42 Å². The maximum Gasteiger partial charge on any atom is 0.262 e. The van der Waals surface area contributed by atoms with Crippen LogP contribution in [0.25, 0.3) is 10.9 Å². The lowest BCUT2D eigenvalue weighted by atomic mass is 10.2. The molecule has 27 heavy (non-hydrogen) atoms. The summed E-state index contributed by atoms with van der Waals surface area (Å²) in [6, 6.07) is 12.1. The Kier molecular flexibility index (Phi) is 4.29. The summed E-state index contributed by atoms with van der Waals surface area (Å²) in [6.07, 6.45) is 1.56. The standard InChI is InChI=1S/C19H16N4O4/c24-17(21-12-5-6-16-15(9-12)22-18(25)10-27-16)7-8-23-11-20-14-4-2-1-3-13(14)19(23)26/h1-6,9,11H,7-8,10H2,(H,21,24)(H,22,25). The van der Waals surface area contributed by atoms with E-state index < -0.39 is 0 Å². The van der Waals surface area contributed by atoms with Crippen LogP contribution in [0.5, 0.6) is 5.75 Å². The average molecular weight is 364 g/mol. The molecule has 4 rings (SSSR count). The predicted octanol–water partition coefficient (Wildman–Crippen LogP) is 1.76. The maximum atomic E-state index is 12.4. The lowest BCUT2D eigenvalue weighted by Crippen LogP contribution is -2.25. The van der Waals surface area contributed by atoms with E-state index >= 15 is 0 Å². The van der Waals surface area contributed by atoms with E-state index in [1.165, 1.54) is 10.9 Å². The number of fused-ring (bicyclic) bond motifs is 2. The van der Waals surface area contributed by atoms with E-state index in [2.05, 4.69) is 15.6 Å². The van der Waals surface area contributed by atoms with Gasteiger partial charge in [-0.15, -0.1) is 0 Å². The van der Waals surface area contributed by atoms with E-state index in [-0.39, 0.29) is 36.9 Å². The molecule has 8 heteroatoms. The van der Waals surface area contributed by atoms with Gasteiger partial charge in [0.25, 0.3) is 11.5 Å². The third-order valence-corrected chi connectivity index (χ3v) is 4.21. The Morgan fingerprint density at radius 2 is 2.07 bits per heavy atom. The lowest BCUT2D eigenvalue weighted by molar-refractivity contribution is -0.118. The molecule has 2 heterocycles. The number of aromatic nitrogens is 2. The number of ether oxygens (including phenoxy) is 1. The summed E-state index contributed by atoms with van der Waals surface area (Å²) in [4.78, 5) is 40.3. The molecule has 1 aliphatic heterocycles. The largest absolute Gasteiger partial charge is 0.482 e. The molecule has 1 aromatic heterocycles. The molecule has 0 bridgehead atoms. The Balaban J connectivity index is 1.43. The van der Waals surface area contributed by atoms with Crippen molar-refractivity contribution >= 4 is 34.1 Å². The van der Waals surface area contributed by atoms with Crippen molar-refractivity contribution in [3.8, 4) is 5.75 Å². The monoisotopic (exact) mass is 364 g/mol. The fourth-order valence-electron chi connectivity index (χ4n) is 2.87. The Hall–Kier alpha value is -3.68. The summed E-state index contributed by atoms with van der Waals surface area (Å²) >= 11 is 0. The van der Waals surface area contributed by atoms with Gasteiger partial charge in [-0.2, -0.15) is 0 Å². The van der Waals surface area contributed by atoms with E-state index in [1.807, 2.05) is 6.07 Å². The number of carbonyl (C=O) groups excluding carboxylic acids is 2. The first kappa shape index (κ1) is 16.8. The minimum atomic E-state index is -0.252. The zero-order valence-electron chi connectivity index (χ0n) is 14.3. The summed E-state index contributed by atoms with van der Waals surface area (Å²) < 4.78 is 6.70. The number of hydrogen-bond donors (Lipinski definition) is 2. The Morgan fingerprint density at radius 1 is 1.22 bits per heavy atom. The molecule has 2 amide bonds. The van der Waals surface area contributed by atoms with Crippen LogP contribution < -0.4 is 20.9 Å². The number of anilines is 2. The van der Waals surface area contributed by atoms with Crippen molar-refractivity contribution in [2.75, 3.05) is 17.2 Å². The highest BCUT2D eigenvalue weighted by Crippen LogP contribution is 2.30. The number of nitrogens with zero attached hydrogens (tertiary/aromatic N) is 2. The van der Waals surface area contributed by atoms with Gasteiger partial charge in [-0.25, -0.2) is 4.98 Å². The minimum absolute atomic E-state index is 0.0206. The molecule has 8 nitrogen and oxygen atoms in total. The molecule has 0 fully saturated rings. The first-order valence-corrected chi connectivity index (χ1v) is 8.41. The third kappa shape index (κ3) is 3.50. The van der Waals surface area contributed by atoms with E-state index in [1.54, 1.807) is 36.4 Å². The SMILES string of the molecule is O=C(CCn1cnc2ccccc2c1=O)Nc1ccc2c(c1)NC(=O)CO2. The molecule has 0 saturated carbocycles. The molecule has 0 spiro atoms. The molecule has 2 aromatic carbocycles. The second-order valence-electron chi connectivity index (χ2n) is 6.11. The number of amides is 2. The number of benzene rings is 2. The fourth-order valence-corrected chi connectivity index (χ4v) is 2.87. The van der Waals surface area contributed by atoms with E-state index in [9.17, 15) is 14.4 Å². The molecule has 136 valence electrons. The zero-order chi connectivity index (χ0) is 18.8. The molecule has 2 N–H and O–H groups in total. The number of nitrogens with one attached hydrogen (secondary N) is 2. The van der Waals surface area contributed by atoms with Crippen LogP contribution in [0.2, 0.25) is 0 Å². The second-order valence-corrected chi connectivity index (χ2v) is 6.11. The van der Waals surface area contributed by atoms with Crippen molar-refractivity contribution in [1.82, 2.24) is 9.55 Å². The van der Waals surface area contributed by atoms with Crippen LogP contribution >= 0.6 is 0 Å². The highest BCUT2D eigenvalue weighted by Gasteiger charge is 2.16. The molecular weight excluding hydrogens is 348 g/mol. The number of para-hydroxylation sites is 1. The van der Waals surface area contributed by atoms with Crippen molar-refractivity contribution in [2.24, 2.45) is 0 Å². The van der Waals surface area contributed by atoms with Crippen LogP contribution in [0.4, 0.5) is 11.4 Å². The van der Waals surface area contributed by atoms with Gasteiger partial charge < -0.3 is 15.4 Å². The molecule has 3 aromatic rings. The zero-order valence-corrected chi connectivity index (χ0v) is 14.3. The summed E-state index contributed by atoms with van der Waals surface area (Å²) in [5.41, 5.74) is 1.50. The van der Waals surface area contributed by atoms with Gasteiger partial charge in [0.05, 0.1) is 22.9 Å². The Morgan fingerprint density at radius 3 is 2.96 bits per heavy atom. The van der Waals surface area contributed by atoms with E-state index in [4.69, 9.17) is 4.74 Å². The van der Waals surface area contributed by atoms with Gasteiger partial charge in [0, 0.05) is 18.7 Å². The van der Waals surface area contributed by atoms with E-state index in [0.717, 1.165) is 0 Å². The quantitative estimate of drug-likeness (QED) is 0.734. The Bertz CT molecular complexity index is 1110. The van der Waals surface area contributed by atoms with Gasteiger partial charge in [-0.1, -0.05) is 12.1 Å². The second kappa shape index (κ2) is 6.91. The topological polar surface area (TPSA) is 102 Å². The van der Waals surface area contributed by atoms with Gasteiger partial charge >= 0.3 is 0 Å². The number of aryl methyl sites for hydroxylation is 1. The van der Waals surface area contributed by atoms with Gasteiger partial charge in [-0.3, -0.25) is 19.0 Å². The summed E-state index contributed by atoms with van der Waals surface area (Å²) in [6.45, 7) is 0.195. The van der Waals surface area contributed by atoms with Crippen LogP contribution in [-0.4, -0.2) is 28.0 Å². The first-order valence-electron chi connectivity index (χ1n) is 8.41. The van der Waals surface area contributed by atoms with Crippen molar-refractivity contribution in [1.29, 1.82) is 0 Å². The van der Waals surface area contributed by atoms with Crippen molar-refractivity contribution in [2.45, 2.75) is 13.0 Å². The molecule has 0 radical (unpaired) electrons. The van der Waals surface area contributed by atoms with Gasteiger partial charge in [0.2, 0.25) is 5.91 Å². The number of carbonyl (C=O) groups is 2. The predicted molar refractivity (Wildman–Crippen MR) is 99.8 cm³/mol. The van der Waals surface area contributed by atoms with Crippen molar-refractivity contribution in [3.63, 3.8) is 0 Å². The maximum absolute atomic E-state index is 12.4. The number of hydrogen-bond acceptors (Lipinski definition) is 5. The summed E-state index contributed by atoms with van der Waals surface area (Å²) in [5, 5.41) is 5.96. The summed E-state index contributed by atoms with van der Waals surface area (Å²) in [5.74, 6) is 0.0635. The highest BCUT2D eigenvalue weighted by molar-refractivity contribution is 5.97. The third-order valence-electron chi connectivity index (χ3n) is 4.21. The normalized spacial score (nSPS) is 12.8. The molecule has 0 saturated heterocycles. The van der Waals surface area contributed by atoms with Crippen LogP contribution in [0.15, 0.2) is 53.6 Å². The highest BCUT2D eigenvalue weighted by atomic mass is 16.5. The molecular formula is C19H16N4O4. The molecule has 0 unspecified atom stereocenters. The lowest BCUT2D eigenvalue weighted by Gasteiger charge is -2.18. The van der Waals surface area contributed by atoms with Gasteiger partial charge in [0.15, 0.2) is 6.61 Å². The van der Waals surface area contributed by atoms with Crippen molar-refractivity contribution < 1.29 is 14.3 Å². The molecule has 0 atom stereocenters. The van der Waals surface area contributed by atoms with Gasteiger partial charge in [0.1, 0.15) is 5.75 Å². The smallest absolute Gasteiger partial charge is 0.262 e. The minimum Gasteiger partial charge on any atom is -0.482 e. The molecule has 1 aliphatic rings. The van der Waals surface area contributed by atoms with Crippen LogP contribution in [-0.2, 0) is 16.1 Å². The summed E-state index contributed by atoms with van der Waals surface area (Å²) in [7, 11) is 0. The molecule has 0 aliphatic carbocycles. The fraction of sp³-hybridized carbons (Fsp3) is 0.158. The van der Waals surface area contributed by atoms with Crippen molar-refractivity contribution in [3.05, 3.63) is 59.1 Å². The van der Waals surface area contributed by atoms with E-state index in [0.29, 0.717) is 28.0 Å². The Labute approximate surface area is 153 Å². The number of rotatable bonds is 4. The van der Waals surface area contributed by atoms with Gasteiger partial charge in [-0.05, 0) is 30.3 Å². The average Bonchev–Trinajstić information content (AvgIpc) is 2.67. The van der Waals surface area contributed by atoms with Crippen LogP contribution in [0.3, 0.4) is 0 Å².